The molecule has 4 rings (SSSR count). The van der Waals surface area contributed by atoms with Gasteiger partial charge in [-0.2, -0.15) is 5.10 Å². The summed E-state index contributed by atoms with van der Waals surface area (Å²) in [7, 11) is 2.01. The highest BCUT2D eigenvalue weighted by molar-refractivity contribution is 5.92. The largest absolute Gasteiger partial charge is 0.351 e. The highest BCUT2D eigenvalue weighted by Gasteiger charge is 2.30. The lowest BCUT2D eigenvalue weighted by atomic mass is 9.95. The van der Waals surface area contributed by atoms with Gasteiger partial charge in [0.25, 0.3) is 0 Å². The van der Waals surface area contributed by atoms with Crippen LogP contribution in [-0.2, 0) is 9.59 Å². The van der Waals surface area contributed by atoms with Crippen LogP contribution in [0.1, 0.15) is 25.7 Å². The summed E-state index contributed by atoms with van der Waals surface area (Å²) in [6.07, 6.45) is 5.32. The van der Waals surface area contributed by atoms with E-state index >= 15 is 0 Å². The quantitative estimate of drug-likeness (QED) is 0.717. The van der Waals surface area contributed by atoms with Crippen molar-refractivity contribution in [3.8, 4) is 0 Å². The summed E-state index contributed by atoms with van der Waals surface area (Å²) in [4.78, 5) is 31.7. The minimum atomic E-state index is -0.0454. The number of carbonyl (C=O) groups excluding carboxylic acids is 2. The summed E-state index contributed by atoms with van der Waals surface area (Å²) >= 11 is 0. The van der Waals surface area contributed by atoms with E-state index < -0.39 is 0 Å². The molecule has 1 aromatic carbocycles. The normalized spacial score (nSPS) is 19.4. The van der Waals surface area contributed by atoms with Gasteiger partial charge in [-0.15, -0.1) is 5.10 Å². The maximum atomic E-state index is 12.8. The first-order chi connectivity index (χ1) is 15.6. The molecule has 1 atom stereocenters. The van der Waals surface area contributed by atoms with Crippen molar-refractivity contribution in [1.29, 1.82) is 0 Å². The van der Waals surface area contributed by atoms with Crippen molar-refractivity contribution in [2.24, 2.45) is 5.92 Å². The number of likely N-dealkylation sites (N-methyl/N-ethyl adjacent to an activating group) is 1. The smallest absolute Gasteiger partial charge is 0.236 e. The molecule has 8 nitrogen and oxygen atoms in total. The summed E-state index contributed by atoms with van der Waals surface area (Å²) in [5.41, 5.74) is 0.820. The summed E-state index contributed by atoms with van der Waals surface area (Å²) in [6, 6.07) is 13.8. The number of piperidine rings is 1. The number of nitrogens with one attached hydrogen (secondary N) is 1. The molecular weight excluding hydrogens is 404 g/mol. The van der Waals surface area contributed by atoms with E-state index in [9.17, 15) is 9.59 Å². The Morgan fingerprint density at radius 2 is 1.84 bits per heavy atom. The van der Waals surface area contributed by atoms with Crippen LogP contribution in [-0.4, -0.2) is 77.6 Å². The van der Waals surface area contributed by atoms with Crippen molar-refractivity contribution in [3.63, 3.8) is 0 Å². The standard InChI is InChI=1S/C24H32N6O2/c1-28(17-21-9-6-14-30(21)22-10-5-13-25-27-22)18-23(31)29-15-11-19(12-16-29)24(32)26-20-7-3-2-4-8-20/h2-5,7-8,10,13,19,21H,6,9,11-12,14-18H2,1H3,(H,26,32). The maximum absolute atomic E-state index is 12.8. The predicted molar refractivity (Wildman–Crippen MR) is 124 cm³/mol. The molecule has 2 aliphatic heterocycles. The molecule has 32 heavy (non-hydrogen) atoms. The first-order valence-electron chi connectivity index (χ1n) is 11.5. The highest BCUT2D eigenvalue weighted by Crippen LogP contribution is 2.24. The van der Waals surface area contributed by atoms with Gasteiger partial charge in [0.15, 0.2) is 5.82 Å². The molecule has 170 valence electrons. The fraction of sp³-hybridized carbons (Fsp3) is 0.500. The van der Waals surface area contributed by atoms with E-state index in [0.717, 1.165) is 37.4 Å². The average molecular weight is 437 g/mol. The van der Waals surface area contributed by atoms with Gasteiger partial charge in [0.05, 0.1) is 6.54 Å². The Kier molecular flexibility index (Phi) is 7.32. The number of aromatic nitrogens is 2. The molecule has 1 aromatic heterocycles. The molecule has 1 N–H and O–H groups in total. The Morgan fingerprint density at radius 3 is 2.56 bits per heavy atom. The molecule has 2 aromatic rings. The molecule has 2 saturated heterocycles. The lowest BCUT2D eigenvalue weighted by Gasteiger charge is -2.33. The predicted octanol–water partition coefficient (Wildman–Crippen LogP) is 2.25. The molecule has 0 saturated carbocycles. The molecule has 1 unspecified atom stereocenters. The van der Waals surface area contributed by atoms with Gasteiger partial charge in [0, 0.05) is 50.0 Å². The third-order valence-electron chi connectivity index (χ3n) is 6.42. The first-order valence-corrected chi connectivity index (χ1v) is 11.5. The fourth-order valence-electron chi connectivity index (χ4n) is 4.69. The second kappa shape index (κ2) is 10.5. The number of benzene rings is 1. The van der Waals surface area contributed by atoms with Gasteiger partial charge >= 0.3 is 0 Å². The molecule has 2 fully saturated rings. The van der Waals surface area contributed by atoms with E-state index in [-0.39, 0.29) is 17.7 Å². The minimum absolute atomic E-state index is 0.0454. The van der Waals surface area contributed by atoms with Crippen molar-refractivity contribution < 1.29 is 9.59 Å². The number of likely N-dealkylation sites (tertiary alicyclic amines) is 1. The van der Waals surface area contributed by atoms with Gasteiger partial charge in [-0.3, -0.25) is 14.5 Å². The summed E-state index contributed by atoms with van der Waals surface area (Å²) in [6.45, 7) is 3.46. The Balaban J connectivity index is 1.22. The number of carbonyl (C=O) groups is 2. The number of rotatable bonds is 7. The molecule has 2 amide bonds. The average Bonchev–Trinajstić information content (AvgIpc) is 3.28. The van der Waals surface area contributed by atoms with Gasteiger partial charge in [0.2, 0.25) is 11.8 Å². The Labute approximate surface area is 189 Å². The van der Waals surface area contributed by atoms with Crippen LogP contribution in [0.3, 0.4) is 0 Å². The first kappa shape index (κ1) is 22.2. The second-order valence-electron chi connectivity index (χ2n) is 8.78. The van der Waals surface area contributed by atoms with Gasteiger partial charge in [-0.1, -0.05) is 18.2 Å². The van der Waals surface area contributed by atoms with Crippen LogP contribution in [0, 0.1) is 5.92 Å². The van der Waals surface area contributed by atoms with Crippen LogP contribution in [0.25, 0.3) is 0 Å². The lowest BCUT2D eigenvalue weighted by Crippen LogP contribution is -2.47. The SMILES string of the molecule is CN(CC(=O)N1CCC(C(=O)Nc2ccccc2)CC1)CC1CCCN1c1cccnn1. The van der Waals surface area contributed by atoms with Gasteiger partial charge in [-0.05, 0) is 57.0 Å². The lowest BCUT2D eigenvalue weighted by molar-refractivity contribution is -0.135. The van der Waals surface area contributed by atoms with Crippen LogP contribution < -0.4 is 10.2 Å². The van der Waals surface area contributed by atoms with Crippen molar-refractivity contribution in [2.75, 3.05) is 50.0 Å². The minimum Gasteiger partial charge on any atom is -0.351 e. The molecule has 8 heteroatoms. The number of nitrogens with zero attached hydrogens (tertiary/aromatic N) is 5. The van der Waals surface area contributed by atoms with Crippen molar-refractivity contribution >= 4 is 23.3 Å². The third kappa shape index (κ3) is 5.62. The van der Waals surface area contributed by atoms with Crippen molar-refractivity contribution in [1.82, 2.24) is 20.0 Å². The third-order valence-corrected chi connectivity index (χ3v) is 6.42. The number of hydrogen-bond acceptors (Lipinski definition) is 6. The van der Waals surface area contributed by atoms with E-state index in [4.69, 9.17) is 0 Å². The Hall–Kier alpha value is -3.00. The Bertz CT molecular complexity index is 886. The topological polar surface area (TPSA) is 81.7 Å². The molecule has 0 radical (unpaired) electrons. The van der Waals surface area contributed by atoms with Gasteiger partial charge < -0.3 is 15.1 Å². The molecule has 2 aliphatic rings. The Morgan fingerprint density at radius 1 is 1.06 bits per heavy atom. The number of amides is 2. The van der Waals surface area contributed by atoms with Crippen LogP contribution >= 0.6 is 0 Å². The van der Waals surface area contributed by atoms with E-state index in [1.54, 1.807) is 6.20 Å². The molecule has 0 aliphatic carbocycles. The molecular formula is C24H32N6O2. The zero-order valence-electron chi connectivity index (χ0n) is 18.7. The molecule has 3 heterocycles. The summed E-state index contributed by atoms with van der Waals surface area (Å²) < 4.78 is 0. The highest BCUT2D eigenvalue weighted by atomic mass is 16.2. The van der Waals surface area contributed by atoms with E-state index in [0.29, 0.717) is 38.5 Å². The summed E-state index contributed by atoms with van der Waals surface area (Å²) in [5, 5.41) is 11.2. The number of para-hydroxylation sites is 1. The number of hydrogen-bond donors (Lipinski definition) is 1. The molecule has 0 bridgehead atoms. The van der Waals surface area contributed by atoms with Crippen LogP contribution in [0.5, 0.6) is 0 Å². The summed E-state index contributed by atoms with van der Waals surface area (Å²) in [5.74, 6) is 1.05. The van der Waals surface area contributed by atoms with E-state index in [1.165, 1.54) is 0 Å². The number of anilines is 2. The van der Waals surface area contributed by atoms with Crippen LogP contribution in [0.2, 0.25) is 0 Å². The van der Waals surface area contributed by atoms with Crippen molar-refractivity contribution in [3.05, 3.63) is 48.7 Å². The zero-order valence-corrected chi connectivity index (χ0v) is 18.7. The van der Waals surface area contributed by atoms with Gasteiger partial charge in [0.1, 0.15) is 0 Å². The monoisotopic (exact) mass is 436 g/mol. The molecule has 0 spiro atoms. The van der Waals surface area contributed by atoms with Crippen LogP contribution in [0.15, 0.2) is 48.7 Å². The van der Waals surface area contributed by atoms with Crippen LogP contribution in [0.4, 0.5) is 11.5 Å². The maximum Gasteiger partial charge on any atom is 0.236 e. The van der Waals surface area contributed by atoms with Crippen molar-refractivity contribution in [2.45, 2.75) is 31.7 Å². The van der Waals surface area contributed by atoms with E-state index in [2.05, 4.69) is 25.3 Å². The van der Waals surface area contributed by atoms with Gasteiger partial charge in [-0.25, -0.2) is 0 Å². The second-order valence-corrected chi connectivity index (χ2v) is 8.78. The zero-order chi connectivity index (χ0) is 22.3. The van der Waals surface area contributed by atoms with E-state index in [1.807, 2.05) is 54.4 Å². The fourth-order valence-corrected chi connectivity index (χ4v) is 4.69.